The Morgan fingerprint density at radius 1 is 1.38 bits per heavy atom. The molecule has 0 aromatic carbocycles. The number of aromatic nitrogens is 2. The zero-order chi connectivity index (χ0) is 8.93. The molecular formula is C9H13N3O. The number of rotatable bonds is 2. The Labute approximate surface area is 77.4 Å². The summed E-state index contributed by atoms with van der Waals surface area (Å²) in [6, 6.07) is 2.39. The predicted octanol–water partition coefficient (Wildman–Crippen LogP) is 1.07. The smallest absolute Gasteiger partial charge is 0.129 e. The minimum atomic E-state index is 0.503. The first-order valence-electron chi connectivity index (χ1n) is 4.55. The van der Waals surface area contributed by atoms with Crippen molar-refractivity contribution < 1.29 is 4.74 Å². The average molecular weight is 179 g/mol. The molecule has 0 radical (unpaired) electrons. The first kappa shape index (κ1) is 8.44. The summed E-state index contributed by atoms with van der Waals surface area (Å²) < 4.78 is 5.26. The molecule has 2 rings (SSSR count). The van der Waals surface area contributed by atoms with Gasteiger partial charge in [0, 0.05) is 25.5 Å². The monoisotopic (exact) mass is 179 g/mol. The predicted molar refractivity (Wildman–Crippen MR) is 49.5 cm³/mol. The van der Waals surface area contributed by atoms with Crippen molar-refractivity contribution in [2.75, 3.05) is 18.5 Å². The van der Waals surface area contributed by atoms with E-state index in [1.54, 1.807) is 12.5 Å². The first-order chi connectivity index (χ1) is 6.45. The summed E-state index contributed by atoms with van der Waals surface area (Å²) >= 11 is 0. The normalized spacial score (nSPS) is 18.5. The summed E-state index contributed by atoms with van der Waals surface area (Å²) in [7, 11) is 0. The topological polar surface area (TPSA) is 47.0 Å². The number of hydrogen-bond donors (Lipinski definition) is 1. The quantitative estimate of drug-likeness (QED) is 0.737. The van der Waals surface area contributed by atoms with Gasteiger partial charge in [-0.3, -0.25) is 0 Å². The van der Waals surface area contributed by atoms with Gasteiger partial charge in [0.1, 0.15) is 12.1 Å². The third-order valence-electron chi connectivity index (χ3n) is 2.16. The molecule has 4 nitrogen and oxygen atoms in total. The molecule has 13 heavy (non-hydrogen) atoms. The summed E-state index contributed by atoms with van der Waals surface area (Å²) in [4.78, 5) is 7.97. The molecule has 0 bridgehead atoms. The van der Waals surface area contributed by atoms with Gasteiger partial charge in [-0.15, -0.1) is 0 Å². The fourth-order valence-corrected chi connectivity index (χ4v) is 1.43. The number of hydrogen-bond acceptors (Lipinski definition) is 4. The van der Waals surface area contributed by atoms with E-state index in [9.17, 15) is 0 Å². The van der Waals surface area contributed by atoms with Gasteiger partial charge in [0.05, 0.1) is 0 Å². The van der Waals surface area contributed by atoms with Crippen molar-refractivity contribution in [2.24, 2.45) is 0 Å². The number of nitrogens with zero attached hydrogens (tertiary/aromatic N) is 2. The fraction of sp³-hybridized carbons (Fsp3) is 0.556. The molecule has 1 N–H and O–H groups in total. The number of ether oxygens (including phenoxy) is 1. The van der Waals surface area contributed by atoms with Gasteiger partial charge < -0.3 is 10.1 Å². The molecule has 4 heteroatoms. The summed E-state index contributed by atoms with van der Waals surface area (Å²) in [5.74, 6) is 0.905. The molecule has 70 valence electrons. The molecule has 1 saturated heterocycles. The SMILES string of the molecule is c1cc(NC2CCOCC2)ncn1. The van der Waals surface area contributed by atoms with Crippen LogP contribution in [0.1, 0.15) is 12.8 Å². The Kier molecular flexibility index (Phi) is 2.72. The molecule has 1 aromatic rings. The molecule has 0 atom stereocenters. The van der Waals surface area contributed by atoms with Crippen molar-refractivity contribution in [3.63, 3.8) is 0 Å². The van der Waals surface area contributed by atoms with Gasteiger partial charge in [0.15, 0.2) is 0 Å². The van der Waals surface area contributed by atoms with Crippen LogP contribution in [0.15, 0.2) is 18.6 Å². The standard InChI is InChI=1S/C9H13N3O/c1-4-10-7-11-9(1)12-8-2-5-13-6-3-8/h1,4,7-8H,2-3,5-6H2,(H,10,11,12). The molecule has 0 aliphatic carbocycles. The summed E-state index contributed by atoms with van der Waals surface area (Å²) in [5.41, 5.74) is 0. The van der Waals surface area contributed by atoms with E-state index in [1.165, 1.54) is 0 Å². The number of nitrogens with one attached hydrogen (secondary N) is 1. The fourth-order valence-electron chi connectivity index (χ4n) is 1.43. The molecule has 2 heterocycles. The lowest BCUT2D eigenvalue weighted by Gasteiger charge is -2.23. The number of anilines is 1. The second kappa shape index (κ2) is 4.18. The van der Waals surface area contributed by atoms with Crippen molar-refractivity contribution >= 4 is 5.82 Å². The van der Waals surface area contributed by atoms with Gasteiger partial charge in [-0.1, -0.05) is 0 Å². The maximum atomic E-state index is 5.26. The Morgan fingerprint density at radius 2 is 2.23 bits per heavy atom. The van der Waals surface area contributed by atoms with Gasteiger partial charge in [-0.2, -0.15) is 0 Å². The van der Waals surface area contributed by atoms with Gasteiger partial charge in [-0.05, 0) is 18.9 Å². The molecule has 1 aliphatic rings. The van der Waals surface area contributed by atoms with Crippen LogP contribution in [0.2, 0.25) is 0 Å². The third-order valence-corrected chi connectivity index (χ3v) is 2.16. The highest BCUT2D eigenvalue weighted by Gasteiger charge is 2.13. The van der Waals surface area contributed by atoms with E-state index in [2.05, 4.69) is 15.3 Å². The third kappa shape index (κ3) is 2.39. The largest absolute Gasteiger partial charge is 0.381 e. The highest BCUT2D eigenvalue weighted by atomic mass is 16.5. The molecule has 0 saturated carbocycles. The Bertz CT molecular complexity index is 246. The van der Waals surface area contributed by atoms with E-state index in [1.807, 2.05) is 6.07 Å². The van der Waals surface area contributed by atoms with Crippen molar-refractivity contribution in [1.29, 1.82) is 0 Å². The second-order valence-corrected chi connectivity index (χ2v) is 3.13. The zero-order valence-electron chi connectivity index (χ0n) is 7.44. The van der Waals surface area contributed by atoms with Crippen LogP contribution in [-0.4, -0.2) is 29.2 Å². The van der Waals surface area contributed by atoms with Crippen LogP contribution in [0, 0.1) is 0 Å². The van der Waals surface area contributed by atoms with E-state index in [-0.39, 0.29) is 0 Å². The van der Waals surface area contributed by atoms with Gasteiger partial charge in [0.2, 0.25) is 0 Å². The Hall–Kier alpha value is -1.16. The Morgan fingerprint density at radius 3 is 2.92 bits per heavy atom. The van der Waals surface area contributed by atoms with Crippen LogP contribution in [0.3, 0.4) is 0 Å². The van der Waals surface area contributed by atoms with Crippen LogP contribution >= 0.6 is 0 Å². The lowest BCUT2D eigenvalue weighted by atomic mass is 10.1. The highest BCUT2D eigenvalue weighted by Crippen LogP contribution is 2.11. The second-order valence-electron chi connectivity index (χ2n) is 3.13. The van der Waals surface area contributed by atoms with E-state index >= 15 is 0 Å². The van der Waals surface area contributed by atoms with Crippen LogP contribution in [-0.2, 0) is 4.74 Å². The molecular weight excluding hydrogens is 166 g/mol. The first-order valence-corrected chi connectivity index (χ1v) is 4.55. The van der Waals surface area contributed by atoms with Crippen molar-refractivity contribution in [1.82, 2.24) is 9.97 Å². The van der Waals surface area contributed by atoms with Crippen LogP contribution in [0.25, 0.3) is 0 Å². The van der Waals surface area contributed by atoms with Crippen LogP contribution < -0.4 is 5.32 Å². The maximum Gasteiger partial charge on any atom is 0.129 e. The summed E-state index contributed by atoms with van der Waals surface area (Å²) in [6.07, 6.45) is 5.42. The van der Waals surface area contributed by atoms with Crippen LogP contribution in [0.5, 0.6) is 0 Å². The molecule has 1 aromatic heterocycles. The van der Waals surface area contributed by atoms with Gasteiger partial charge in [0.25, 0.3) is 0 Å². The minimum absolute atomic E-state index is 0.503. The summed E-state index contributed by atoms with van der Waals surface area (Å²) in [5, 5.41) is 3.35. The van der Waals surface area contributed by atoms with Crippen molar-refractivity contribution in [2.45, 2.75) is 18.9 Å². The van der Waals surface area contributed by atoms with E-state index in [4.69, 9.17) is 4.74 Å². The highest BCUT2D eigenvalue weighted by molar-refractivity contribution is 5.32. The maximum absolute atomic E-state index is 5.26. The zero-order valence-corrected chi connectivity index (χ0v) is 7.44. The molecule has 1 aliphatic heterocycles. The molecule has 1 fully saturated rings. The van der Waals surface area contributed by atoms with Gasteiger partial charge >= 0.3 is 0 Å². The Balaban J connectivity index is 1.90. The van der Waals surface area contributed by atoms with E-state index < -0.39 is 0 Å². The minimum Gasteiger partial charge on any atom is -0.381 e. The van der Waals surface area contributed by atoms with E-state index in [0.717, 1.165) is 31.9 Å². The average Bonchev–Trinajstić information content (AvgIpc) is 2.21. The molecule has 0 unspecified atom stereocenters. The van der Waals surface area contributed by atoms with E-state index in [0.29, 0.717) is 6.04 Å². The lowest BCUT2D eigenvalue weighted by Crippen LogP contribution is -2.28. The van der Waals surface area contributed by atoms with Gasteiger partial charge in [-0.25, -0.2) is 9.97 Å². The van der Waals surface area contributed by atoms with Crippen LogP contribution in [0.4, 0.5) is 5.82 Å². The molecule has 0 amide bonds. The lowest BCUT2D eigenvalue weighted by molar-refractivity contribution is 0.0904. The van der Waals surface area contributed by atoms with Crippen molar-refractivity contribution in [3.8, 4) is 0 Å². The summed E-state index contributed by atoms with van der Waals surface area (Å²) in [6.45, 7) is 1.70. The van der Waals surface area contributed by atoms with Crippen molar-refractivity contribution in [3.05, 3.63) is 18.6 Å². The molecule has 0 spiro atoms.